The number of carbonyl (C=O) groups is 2. The Kier molecular flexibility index (Phi) is 21.5. The first-order valence-electron chi connectivity index (χ1n) is 13.2. The van der Waals surface area contributed by atoms with Crippen molar-refractivity contribution in [3.63, 3.8) is 0 Å². The van der Waals surface area contributed by atoms with Crippen molar-refractivity contribution in [1.29, 1.82) is 0 Å². The fraction of sp³-hybridized carbons (Fsp3) is 0.923. The lowest BCUT2D eigenvalue weighted by atomic mass is 10.1. The molecule has 34 heavy (non-hydrogen) atoms. The third-order valence-corrected chi connectivity index (χ3v) is 5.07. The van der Waals surface area contributed by atoms with Crippen LogP contribution in [0, 0.1) is 0 Å². The molecule has 0 aromatic rings. The lowest BCUT2D eigenvalue weighted by Crippen LogP contribution is -2.25. The van der Waals surface area contributed by atoms with E-state index in [1.165, 1.54) is 0 Å². The Labute approximate surface area is 207 Å². The van der Waals surface area contributed by atoms with Gasteiger partial charge in [-0.3, -0.25) is 9.59 Å². The summed E-state index contributed by atoms with van der Waals surface area (Å²) in [4.78, 5) is 23.8. The second-order valence-corrected chi connectivity index (χ2v) is 8.59. The molecular weight excluding hydrogens is 440 g/mol. The zero-order chi connectivity index (χ0) is 25.6. The lowest BCUT2D eigenvalue weighted by Gasteiger charge is -2.19. The summed E-state index contributed by atoms with van der Waals surface area (Å²) in [5.74, 6) is -0.505. The number of carbonyl (C=O) groups excluding carboxylic acids is 2. The zero-order valence-corrected chi connectivity index (χ0v) is 22.5. The van der Waals surface area contributed by atoms with Crippen LogP contribution in [0.4, 0.5) is 0 Å². The lowest BCUT2D eigenvalue weighted by molar-refractivity contribution is -0.230. The van der Waals surface area contributed by atoms with E-state index in [-0.39, 0.29) is 11.9 Å². The highest BCUT2D eigenvalue weighted by molar-refractivity contribution is 5.69. The molecule has 0 amide bonds. The van der Waals surface area contributed by atoms with E-state index in [2.05, 4.69) is 13.8 Å². The number of esters is 2. The van der Waals surface area contributed by atoms with Gasteiger partial charge in [0.2, 0.25) is 12.6 Å². The highest BCUT2D eigenvalue weighted by Crippen LogP contribution is 2.12. The smallest absolute Gasteiger partial charge is 0.308 e. The molecule has 8 nitrogen and oxygen atoms in total. The van der Waals surface area contributed by atoms with E-state index in [9.17, 15) is 9.59 Å². The Bertz CT molecular complexity index is 455. The van der Waals surface area contributed by atoms with E-state index < -0.39 is 25.2 Å². The third-order valence-electron chi connectivity index (χ3n) is 5.07. The third kappa shape index (κ3) is 21.3. The number of unbranched alkanes of at least 4 members (excludes halogenated alkanes) is 7. The number of hydrogen-bond acceptors (Lipinski definition) is 8. The SMILES string of the molecule is CCCCOC(C)OC(C)OC(=O)CCCCCCCCC(=O)OC(C)OC(C)OCCCC. The molecule has 0 aromatic heterocycles. The van der Waals surface area contributed by atoms with Gasteiger partial charge in [0.05, 0.1) is 0 Å². The molecule has 0 heterocycles. The molecule has 0 aliphatic rings. The van der Waals surface area contributed by atoms with Crippen LogP contribution in [-0.2, 0) is 38.0 Å². The van der Waals surface area contributed by atoms with Crippen molar-refractivity contribution >= 4 is 11.9 Å². The minimum absolute atomic E-state index is 0.252. The molecule has 0 fully saturated rings. The molecular formula is C26H50O8. The summed E-state index contributed by atoms with van der Waals surface area (Å²) in [6.45, 7) is 12.5. The topological polar surface area (TPSA) is 89.5 Å². The Morgan fingerprint density at radius 3 is 1.24 bits per heavy atom. The Hall–Kier alpha value is -1.22. The first kappa shape index (κ1) is 32.8. The van der Waals surface area contributed by atoms with Crippen LogP contribution in [0.2, 0.25) is 0 Å². The number of rotatable bonds is 23. The van der Waals surface area contributed by atoms with Gasteiger partial charge in [-0.15, -0.1) is 0 Å². The Morgan fingerprint density at radius 2 is 0.882 bits per heavy atom. The van der Waals surface area contributed by atoms with Gasteiger partial charge in [0.25, 0.3) is 0 Å². The van der Waals surface area contributed by atoms with E-state index in [0.717, 1.165) is 64.2 Å². The van der Waals surface area contributed by atoms with Crippen molar-refractivity contribution in [1.82, 2.24) is 0 Å². The molecule has 0 aliphatic heterocycles. The van der Waals surface area contributed by atoms with Crippen molar-refractivity contribution in [2.45, 2.75) is 144 Å². The highest BCUT2D eigenvalue weighted by Gasteiger charge is 2.14. The molecule has 0 bridgehead atoms. The van der Waals surface area contributed by atoms with Crippen LogP contribution >= 0.6 is 0 Å². The van der Waals surface area contributed by atoms with Crippen molar-refractivity contribution in [3.05, 3.63) is 0 Å². The molecule has 4 atom stereocenters. The molecule has 202 valence electrons. The van der Waals surface area contributed by atoms with Gasteiger partial charge < -0.3 is 28.4 Å². The molecule has 0 saturated carbocycles. The van der Waals surface area contributed by atoms with Gasteiger partial charge in [0, 0.05) is 26.1 Å². The normalized spacial score (nSPS) is 14.9. The van der Waals surface area contributed by atoms with Crippen molar-refractivity contribution in [2.75, 3.05) is 13.2 Å². The number of ether oxygens (including phenoxy) is 6. The standard InChI is InChI=1S/C26H50O8/c1-7-9-19-29-21(3)31-23(5)33-25(27)17-15-13-11-12-14-16-18-26(28)34-24(6)32-22(4)30-20-10-8-2/h21-24H,7-20H2,1-6H3. The minimum Gasteiger partial charge on any atom is -0.436 e. The van der Waals surface area contributed by atoms with E-state index in [1.807, 2.05) is 0 Å². The summed E-state index contributed by atoms with van der Waals surface area (Å²) in [7, 11) is 0. The van der Waals surface area contributed by atoms with Gasteiger partial charge >= 0.3 is 11.9 Å². The van der Waals surface area contributed by atoms with Crippen molar-refractivity contribution in [3.8, 4) is 0 Å². The Balaban J connectivity index is 3.64. The molecule has 8 heteroatoms. The summed E-state index contributed by atoms with van der Waals surface area (Å²) in [5.41, 5.74) is 0. The van der Waals surface area contributed by atoms with Crippen LogP contribution in [0.25, 0.3) is 0 Å². The second-order valence-electron chi connectivity index (χ2n) is 8.59. The first-order chi connectivity index (χ1) is 16.3. The largest absolute Gasteiger partial charge is 0.436 e. The summed E-state index contributed by atoms with van der Waals surface area (Å²) < 4.78 is 32.5. The zero-order valence-electron chi connectivity index (χ0n) is 22.5. The highest BCUT2D eigenvalue weighted by atomic mass is 16.8. The van der Waals surface area contributed by atoms with Crippen LogP contribution < -0.4 is 0 Å². The van der Waals surface area contributed by atoms with Gasteiger partial charge in [-0.25, -0.2) is 0 Å². The van der Waals surface area contributed by atoms with Crippen molar-refractivity contribution in [2.24, 2.45) is 0 Å². The Morgan fingerprint density at radius 1 is 0.529 bits per heavy atom. The van der Waals surface area contributed by atoms with Crippen molar-refractivity contribution < 1.29 is 38.0 Å². The average molecular weight is 491 g/mol. The molecule has 0 saturated heterocycles. The molecule has 0 aliphatic carbocycles. The monoisotopic (exact) mass is 490 g/mol. The molecule has 0 radical (unpaired) electrons. The van der Waals surface area contributed by atoms with Gasteiger partial charge in [-0.05, 0) is 53.4 Å². The predicted molar refractivity (Wildman–Crippen MR) is 131 cm³/mol. The maximum Gasteiger partial charge on any atom is 0.308 e. The minimum atomic E-state index is -0.617. The summed E-state index contributed by atoms with van der Waals surface area (Å²) in [6.07, 6.45) is 8.32. The van der Waals surface area contributed by atoms with Crippen LogP contribution in [0.5, 0.6) is 0 Å². The van der Waals surface area contributed by atoms with Gasteiger partial charge in [0.1, 0.15) is 0 Å². The second kappa shape index (κ2) is 22.3. The molecule has 0 rings (SSSR count). The average Bonchev–Trinajstić information content (AvgIpc) is 2.75. The van der Waals surface area contributed by atoms with E-state index in [1.54, 1.807) is 27.7 Å². The van der Waals surface area contributed by atoms with E-state index in [0.29, 0.717) is 26.1 Å². The fourth-order valence-electron chi connectivity index (χ4n) is 3.19. The molecule has 0 aromatic carbocycles. The van der Waals surface area contributed by atoms with Crippen LogP contribution in [0.15, 0.2) is 0 Å². The molecule has 0 spiro atoms. The van der Waals surface area contributed by atoms with E-state index >= 15 is 0 Å². The quantitative estimate of drug-likeness (QED) is 0.0944. The van der Waals surface area contributed by atoms with Gasteiger partial charge in [-0.1, -0.05) is 52.4 Å². The van der Waals surface area contributed by atoms with Crippen LogP contribution in [-0.4, -0.2) is 50.3 Å². The predicted octanol–water partition coefficient (Wildman–Crippen LogP) is 6.24. The first-order valence-corrected chi connectivity index (χ1v) is 13.2. The molecule has 0 N–H and O–H groups in total. The molecule has 4 unspecified atom stereocenters. The maximum atomic E-state index is 11.9. The maximum absolute atomic E-state index is 11.9. The number of hydrogen-bond donors (Lipinski definition) is 0. The fourth-order valence-corrected chi connectivity index (χ4v) is 3.19. The van der Waals surface area contributed by atoms with Gasteiger partial charge in [0.15, 0.2) is 12.6 Å². The van der Waals surface area contributed by atoms with E-state index in [4.69, 9.17) is 28.4 Å². The summed E-state index contributed by atoms with van der Waals surface area (Å²) >= 11 is 0. The summed E-state index contributed by atoms with van der Waals surface area (Å²) in [6, 6.07) is 0. The van der Waals surface area contributed by atoms with Crippen LogP contribution in [0.3, 0.4) is 0 Å². The van der Waals surface area contributed by atoms with Gasteiger partial charge in [-0.2, -0.15) is 0 Å². The summed E-state index contributed by atoms with van der Waals surface area (Å²) in [5, 5.41) is 0. The van der Waals surface area contributed by atoms with Crippen LogP contribution in [0.1, 0.15) is 119 Å².